The monoisotopic (exact) mass is 338 g/mol. The molecule has 24 heavy (non-hydrogen) atoms. The Labute approximate surface area is 149 Å². The molecule has 0 aliphatic carbocycles. The molecule has 0 atom stereocenters. The maximum atomic E-state index is 5.10. The van der Waals surface area contributed by atoms with Crippen molar-refractivity contribution in [3.8, 4) is 11.3 Å². The first-order valence-corrected chi connectivity index (χ1v) is 8.45. The average molecular weight is 339 g/mol. The zero-order valence-electron chi connectivity index (χ0n) is 14.0. The zero-order valence-corrected chi connectivity index (χ0v) is 14.8. The molecule has 0 unspecified atom stereocenters. The van der Waals surface area contributed by atoms with Crippen molar-refractivity contribution >= 4 is 23.2 Å². The molecule has 0 amide bonds. The highest BCUT2D eigenvalue weighted by atomic mass is 35.5. The maximum Gasteiger partial charge on any atom is 0.0783 e. The number of aromatic nitrogens is 1. The Balaban J connectivity index is 0.00000169. The summed E-state index contributed by atoms with van der Waals surface area (Å²) in [6.45, 7) is 2.33. The van der Waals surface area contributed by atoms with Gasteiger partial charge in [-0.3, -0.25) is 4.98 Å². The van der Waals surface area contributed by atoms with Crippen LogP contribution in [0.3, 0.4) is 0 Å². The molecule has 124 valence electrons. The van der Waals surface area contributed by atoms with Crippen LogP contribution in [0.15, 0.2) is 60.7 Å². The number of likely N-dealkylation sites (tertiary alicyclic amines) is 1. The summed E-state index contributed by atoms with van der Waals surface area (Å²) in [7, 11) is 2.21. The third-order valence-corrected chi connectivity index (χ3v) is 4.94. The van der Waals surface area contributed by atoms with E-state index in [4.69, 9.17) is 4.98 Å². The Hall–Kier alpha value is -1.90. The molecule has 1 saturated heterocycles. The molecule has 2 nitrogen and oxygen atoms in total. The lowest BCUT2D eigenvalue weighted by molar-refractivity contribution is 0.253. The topological polar surface area (TPSA) is 16.1 Å². The lowest BCUT2D eigenvalue weighted by atomic mass is 9.91. The fourth-order valence-corrected chi connectivity index (χ4v) is 3.55. The van der Waals surface area contributed by atoms with Crippen molar-refractivity contribution in [2.24, 2.45) is 0 Å². The summed E-state index contributed by atoms with van der Waals surface area (Å²) in [6.07, 6.45) is 2.41. The molecule has 3 aromatic rings. The average Bonchev–Trinajstić information content (AvgIpc) is 2.62. The van der Waals surface area contributed by atoms with E-state index in [9.17, 15) is 0 Å². The van der Waals surface area contributed by atoms with Gasteiger partial charge in [-0.2, -0.15) is 0 Å². The largest absolute Gasteiger partial charge is 0.306 e. The first-order valence-electron chi connectivity index (χ1n) is 8.45. The highest BCUT2D eigenvalue weighted by Crippen LogP contribution is 2.33. The van der Waals surface area contributed by atoms with Gasteiger partial charge in [0.15, 0.2) is 0 Å². The molecule has 1 fully saturated rings. The molecule has 0 saturated carbocycles. The summed E-state index contributed by atoms with van der Waals surface area (Å²) in [5.41, 5.74) is 3.59. The van der Waals surface area contributed by atoms with Crippen LogP contribution in [0, 0.1) is 0 Å². The van der Waals surface area contributed by atoms with E-state index in [0.717, 1.165) is 5.69 Å². The van der Waals surface area contributed by atoms with Crippen LogP contribution < -0.4 is 0 Å². The minimum atomic E-state index is 0. The molecule has 0 radical (unpaired) electrons. The van der Waals surface area contributed by atoms with E-state index >= 15 is 0 Å². The van der Waals surface area contributed by atoms with Gasteiger partial charge < -0.3 is 4.90 Å². The Kier molecular flexibility index (Phi) is 5.17. The molecule has 0 spiro atoms. The van der Waals surface area contributed by atoms with Crippen LogP contribution in [0.5, 0.6) is 0 Å². The van der Waals surface area contributed by atoms with Crippen molar-refractivity contribution in [2.45, 2.75) is 18.8 Å². The number of hydrogen-bond donors (Lipinski definition) is 0. The van der Waals surface area contributed by atoms with E-state index < -0.39 is 0 Å². The lowest BCUT2D eigenvalue weighted by Gasteiger charge is -2.29. The molecular formula is C21H23ClN2. The van der Waals surface area contributed by atoms with Gasteiger partial charge in [-0.1, -0.05) is 54.6 Å². The maximum absolute atomic E-state index is 5.10. The van der Waals surface area contributed by atoms with Gasteiger partial charge in [0.1, 0.15) is 0 Å². The summed E-state index contributed by atoms with van der Waals surface area (Å²) in [5, 5.41) is 2.55. The normalized spacial score (nSPS) is 16.0. The highest BCUT2D eigenvalue weighted by Gasteiger charge is 2.21. The third-order valence-electron chi connectivity index (χ3n) is 4.94. The van der Waals surface area contributed by atoms with E-state index in [2.05, 4.69) is 72.6 Å². The first kappa shape index (κ1) is 16.9. The number of pyridine rings is 1. The third kappa shape index (κ3) is 3.31. The van der Waals surface area contributed by atoms with E-state index in [0.29, 0.717) is 5.92 Å². The van der Waals surface area contributed by atoms with Crippen LogP contribution in [-0.2, 0) is 0 Å². The summed E-state index contributed by atoms with van der Waals surface area (Å²) in [6, 6.07) is 21.5. The quantitative estimate of drug-likeness (QED) is 0.643. The number of benzene rings is 2. The van der Waals surface area contributed by atoms with Crippen LogP contribution in [0.2, 0.25) is 0 Å². The van der Waals surface area contributed by atoms with E-state index in [1.54, 1.807) is 0 Å². The Bertz CT molecular complexity index is 808. The molecule has 2 heterocycles. The Morgan fingerprint density at radius 1 is 0.917 bits per heavy atom. The molecule has 0 N–H and O–H groups in total. The van der Waals surface area contributed by atoms with Crippen molar-refractivity contribution < 1.29 is 0 Å². The van der Waals surface area contributed by atoms with Crippen molar-refractivity contribution in [1.82, 2.24) is 9.88 Å². The minimum Gasteiger partial charge on any atom is -0.306 e. The molecule has 2 aromatic carbocycles. The predicted molar refractivity (Wildman–Crippen MR) is 104 cm³/mol. The van der Waals surface area contributed by atoms with Crippen molar-refractivity contribution in [2.75, 3.05) is 20.1 Å². The molecule has 1 aliphatic rings. The smallest absolute Gasteiger partial charge is 0.0783 e. The van der Waals surface area contributed by atoms with Gasteiger partial charge in [-0.25, -0.2) is 0 Å². The molecule has 1 aliphatic heterocycles. The van der Waals surface area contributed by atoms with Gasteiger partial charge in [0.05, 0.1) is 5.69 Å². The summed E-state index contributed by atoms with van der Waals surface area (Å²) >= 11 is 0. The molecule has 3 heteroatoms. The minimum absolute atomic E-state index is 0. The van der Waals surface area contributed by atoms with Gasteiger partial charge in [0.2, 0.25) is 0 Å². The SMILES string of the molecule is CN1CCC(c2cc3ccccc3c(-c3ccccc3)n2)CC1.Cl. The predicted octanol–water partition coefficient (Wildman–Crippen LogP) is 5.13. The summed E-state index contributed by atoms with van der Waals surface area (Å²) < 4.78 is 0. The summed E-state index contributed by atoms with van der Waals surface area (Å²) in [5.74, 6) is 0.582. The van der Waals surface area contributed by atoms with Crippen LogP contribution in [0.4, 0.5) is 0 Å². The van der Waals surface area contributed by atoms with Gasteiger partial charge in [0, 0.05) is 22.6 Å². The molecular weight excluding hydrogens is 316 g/mol. The molecule has 1 aromatic heterocycles. The van der Waals surface area contributed by atoms with Crippen molar-refractivity contribution in [1.29, 1.82) is 0 Å². The van der Waals surface area contributed by atoms with Crippen LogP contribution in [0.25, 0.3) is 22.0 Å². The summed E-state index contributed by atoms with van der Waals surface area (Å²) in [4.78, 5) is 7.51. The fraction of sp³-hybridized carbons (Fsp3) is 0.286. The number of hydrogen-bond acceptors (Lipinski definition) is 2. The fourth-order valence-electron chi connectivity index (χ4n) is 3.55. The number of halogens is 1. The number of rotatable bonds is 2. The van der Waals surface area contributed by atoms with E-state index in [1.165, 1.54) is 48.0 Å². The number of piperidine rings is 1. The van der Waals surface area contributed by atoms with Crippen LogP contribution in [0.1, 0.15) is 24.5 Å². The second kappa shape index (κ2) is 7.33. The van der Waals surface area contributed by atoms with E-state index in [1.807, 2.05) is 0 Å². The number of nitrogens with zero attached hydrogens (tertiary/aromatic N) is 2. The highest BCUT2D eigenvalue weighted by molar-refractivity contribution is 5.94. The first-order chi connectivity index (χ1) is 11.3. The second-order valence-corrected chi connectivity index (χ2v) is 6.56. The standard InChI is InChI=1S/C21H22N2.ClH/c1-23-13-11-16(12-14-23)20-15-18-9-5-6-10-19(18)21(22-20)17-7-3-2-4-8-17;/h2-10,15-16H,11-14H2,1H3;1H. The van der Waals surface area contributed by atoms with Gasteiger partial charge >= 0.3 is 0 Å². The van der Waals surface area contributed by atoms with Crippen LogP contribution in [-0.4, -0.2) is 30.0 Å². The van der Waals surface area contributed by atoms with Gasteiger partial charge in [-0.05, 0) is 44.4 Å². The second-order valence-electron chi connectivity index (χ2n) is 6.56. The Morgan fingerprint density at radius 3 is 2.33 bits per heavy atom. The molecule has 4 rings (SSSR count). The lowest BCUT2D eigenvalue weighted by Crippen LogP contribution is -2.29. The van der Waals surface area contributed by atoms with Gasteiger partial charge in [-0.15, -0.1) is 12.4 Å². The zero-order chi connectivity index (χ0) is 15.6. The van der Waals surface area contributed by atoms with Gasteiger partial charge in [0.25, 0.3) is 0 Å². The van der Waals surface area contributed by atoms with Crippen LogP contribution >= 0.6 is 12.4 Å². The van der Waals surface area contributed by atoms with Crippen molar-refractivity contribution in [3.63, 3.8) is 0 Å². The Morgan fingerprint density at radius 2 is 1.58 bits per heavy atom. The number of fused-ring (bicyclic) bond motifs is 1. The van der Waals surface area contributed by atoms with Crippen molar-refractivity contribution in [3.05, 3.63) is 66.4 Å². The molecule has 0 bridgehead atoms. The van der Waals surface area contributed by atoms with E-state index in [-0.39, 0.29) is 12.4 Å².